The van der Waals surface area contributed by atoms with Crippen molar-refractivity contribution in [2.45, 2.75) is 59.7 Å². The predicted octanol–water partition coefficient (Wildman–Crippen LogP) is 3.79. The highest BCUT2D eigenvalue weighted by molar-refractivity contribution is 5.88. The Morgan fingerprint density at radius 1 is 1.00 bits per heavy atom. The van der Waals surface area contributed by atoms with Crippen molar-refractivity contribution in [1.29, 1.82) is 0 Å². The zero-order valence-corrected chi connectivity index (χ0v) is 17.0. The molecular formula is C23H30N2O2. The molecule has 0 radical (unpaired) electrons. The largest absolute Gasteiger partial charge is 0.352 e. The van der Waals surface area contributed by atoms with Gasteiger partial charge in [-0.2, -0.15) is 0 Å². The second-order valence-electron chi connectivity index (χ2n) is 7.45. The molecule has 2 aromatic carbocycles. The van der Waals surface area contributed by atoms with Crippen LogP contribution in [0, 0.1) is 13.8 Å². The third-order valence-electron chi connectivity index (χ3n) is 4.64. The van der Waals surface area contributed by atoms with Crippen LogP contribution in [0.2, 0.25) is 0 Å². The Morgan fingerprint density at radius 2 is 1.70 bits per heavy atom. The second kappa shape index (κ2) is 9.36. The normalized spacial score (nSPS) is 11.9. The van der Waals surface area contributed by atoms with Crippen LogP contribution in [0.4, 0.5) is 0 Å². The molecule has 27 heavy (non-hydrogen) atoms. The van der Waals surface area contributed by atoms with E-state index in [1.54, 1.807) is 11.8 Å². The van der Waals surface area contributed by atoms with Crippen molar-refractivity contribution in [3.63, 3.8) is 0 Å². The third-order valence-corrected chi connectivity index (χ3v) is 4.64. The van der Waals surface area contributed by atoms with Crippen LogP contribution in [0.3, 0.4) is 0 Å². The molecule has 144 valence electrons. The van der Waals surface area contributed by atoms with Gasteiger partial charge in [0.1, 0.15) is 6.04 Å². The summed E-state index contributed by atoms with van der Waals surface area (Å²) < 4.78 is 0. The summed E-state index contributed by atoms with van der Waals surface area (Å²) >= 11 is 0. The molecule has 2 aromatic rings. The van der Waals surface area contributed by atoms with Gasteiger partial charge in [0, 0.05) is 12.6 Å². The fraction of sp³-hybridized carbons (Fsp3) is 0.391. The van der Waals surface area contributed by atoms with E-state index in [-0.39, 0.29) is 24.3 Å². The highest BCUT2D eigenvalue weighted by Crippen LogP contribution is 2.15. The second-order valence-corrected chi connectivity index (χ2v) is 7.45. The van der Waals surface area contributed by atoms with Crippen LogP contribution in [0.15, 0.2) is 48.5 Å². The summed E-state index contributed by atoms with van der Waals surface area (Å²) in [4.78, 5) is 27.4. The monoisotopic (exact) mass is 366 g/mol. The maximum absolute atomic E-state index is 13.1. The molecule has 0 aliphatic heterocycles. The molecule has 0 saturated heterocycles. The molecular weight excluding hydrogens is 336 g/mol. The first-order valence-electron chi connectivity index (χ1n) is 9.48. The minimum Gasteiger partial charge on any atom is -0.352 e. The van der Waals surface area contributed by atoms with Gasteiger partial charge in [-0.05, 0) is 51.3 Å². The van der Waals surface area contributed by atoms with E-state index in [0.29, 0.717) is 6.54 Å². The van der Waals surface area contributed by atoms with E-state index in [0.717, 1.165) is 22.3 Å². The molecule has 0 spiro atoms. The van der Waals surface area contributed by atoms with Gasteiger partial charge in [-0.25, -0.2) is 0 Å². The SMILES string of the molecule is Cc1cccc(CN(C(=O)Cc2ccccc2C)[C@@H](C)C(=O)NC(C)C)c1. The zero-order valence-electron chi connectivity index (χ0n) is 17.0. The number of carbonyl (C=O) groups is 2. The summed E-state index contributed by atoms with van der Waals surface area (Å²) in [6.07, 6.45) is 0.289. The molecule has 4 heteroatoms. The van der Waals surface area contributed by atoms with Gasteiger partial charge in [-0.1, -0.05) is 54.1 Å². The topological polar surface area (TPSA) is 49.4 Å². The summed E-state index contributed by atoms with van der Waals surface area (Å²) in [5.41, 5.74) is 4.24. The molecule has 0 heterocycles. The van der Waals surface area contributed by atoms with Gasteiger partial charge in [-0.3, -0.25) is 9.59 Å². The lowest BCUT2D eigenvalue weighted by molar-refractivity contribution is -0.140. The lowest BCUT2D eigenvalue weighted by atomic mass is 10.0. The van der Waals surface area contributed by atoms with Gasteiger partial charge in [0.2, 0.25) is 11.8 Å². The molecule has 1 N–H and O–H groups in total. The fourth-order valence-electron chi connectivity index (χ4n) is 3.07. The highest BCUT2D eigenvalue weighted by atomic mass is 16.2. The number of nitrogens with zero attached hydrogens (tertiary/aromatic N) is 1. The first kappa shape index (κ1) is 20.7. The summed E-state index contributed by atoms with van der Waals surface area (Å²) in [6, 6.07) is 15.4. The number of hydrogen-bond donors (Lipinski definition) is 1. The number of aryl methyl sites for hydroxylation is 2. The van der Waals surface area contributed by atoms with Crippen LogP contribution < -0.4 is 5.32 Å². The van der Waals surface area contributed by atoms with Gasteiger partial charge in [0.15, 0.2) is 0 Å². The first-order valence-corrected chi connectivity index (χ1v) is 9.48. The van der Waals surface area contributed by atoms with Crippen molar-refractivity contribution >= 4 is 11.8 Å². The van der Waals surface area contributed by atoms with Crippen LogP contribution in [0.1, 0.15) is 43.0 Å². The van der Waals surface area contributed by atoms with Crippen molar-refractivity contribution < 1.29 is 9.59 Å². The standard InChI is InChI=1S/C23H30N2O2/c1-16(2)24-23(27)19(5)25(15-20-11-8-9-17(3)13-20)22(26)14-21-12-7-6-10-18(21)4/h6-13,16,19H,14-15H2,1-5H3,(H,24,27)/t19-/m0/s1. The highest BCUT2D eigenvalue weighted by Gasteiger charge is 2.26. The predicted molar refractivity (Wildman–Crippen MR) is 109 cm³/mol. The Labute approximate surface area is 162 Å². The molecule has 0 aliphatic carbocycles. The van der Waals surface area contributed by atoms with Gasteiger partial charge in [0.25, 0.3) is 0 Å². The summed E-state index contributed by atoms with van der Waals surface area (Å²) in [5, 5.41) is 2.92. The molecule has 0 aromatic heterocycles. The first-order chi connectivity index (χ1) is 12.8. The van der Waals surface area contributed by atoms with Crippen LogP contribution in [0.5, 0.6) is 0 Å². The summed E-state index contributed by atoms with van der Waals surface area (Å²) in [5.74, 6) is -0.173. The van der Waals surface area contributed by atoms with Crippen LogP contribution in [-0.4, -0.2) is 28.8 Å². The molecule has 0 bridgehead atoms. The van der Waals surface area contributed by atoms with Gasteiger partial charge in [-0.15, -0.1) is 0 Å². The van der Waals surface area contributed by atoms with Crippen LogP contribution in [-0.2, 0) is 22.6 Å². The zero-order chi connectivity index (χ0) is 20.0. The van der Waals surface area contributed by atoms with Crippen LogP contribution in [0.25, 0.3) is 0 Å². The molecule has 0 unspecified atom stereocenters. The van der Waals surface area contributed by atoms with Crippen LogP contribution >= 0.6 is 0 Å². The molecule has 2 rings (SSSR count). The molecule has 0 saturated carbocycles. The minimum absolute atomic E-state index is 0.0345. The Balaban J connectivity index is 2.26. The average Bonchev–Trinajstić information content (AvgIpc) is 2.60. The van der Waals surface area contributed by atoms with Crippen molar-refractivity contribution in [1.82, 2.24) is 10.2 Å². The number of amides is 2. The lowest BCUT2D eigenvalue weighted by Gasteiger charge is -2.29. The molecule has 2 amide bonds. The third kappa shape index (κ3) is 5.95. The number of carbonyl (C=O) groups excluding carboxylic acids is 2. The maximum atomic E-state index is 13.1. The fourth-order valence-corrected chi connectivity index (χ4v) is 3.07. The van der Waals surface area contributed by atoms with Crippen molar-refractivity contribution in [2.75, 3.05) is 0 Å². The van der Waals surface area contributed by atoms with E-state index in [1.807, 2.05) is 70.2 Å². The van der Waals surface area contributed by atoms with Crippen molar-refractivity contribution in [3.05, 3.63) is 70.8 Å². The van der Waals surface area contributed by atoms with Gasteiger partial charge in [0.05, 0.1) is 6.42 Å². The smallest absolute Gasteiger partial charge is 0.242 e. The van der Waals surface area contributed by atoms with E-state index >= 15 is 0 Å². The van der Waals surface area contributed by atoms with Crippen molar-refractivity contribution in [3.8, 4) is 0 Å². The number of benzene rings is 2. The molecule has 0 fully saturated rings. The Hall–Kier alpha value is -2.62. The molecule has 1 atom stereocenters. The summed E-state index contributed by atoms with van der Waals surface area (Å²) in [6.45, 7) is 10.1. The van der Waals surface area contributed by atoms with Gasteiger partial charge >= 0.3 is 0 Å². The van der Waals surface area contributed by atoms with Crippen molar-refractivity contribution in [2.24, 2.45) is 0 Å². The summed E-state index contributed by atoms with van der Waals surface area (Å²) in [7, 11) is 0. The van der Waals surface area contributed by atoms with E-state index in [2.05, 4.69) is 11.4 Å². The Bertz CT molecular complexity index is 798. The Kier molecular flexibility index (Phi) is 7.17. The number of nitrogens with one attached hydrogen (secondary N) is 1. The number of rotatable bonds is 7. The van der Waals surface area contributed by atoms with E-state index in [1.165, 1.54) is 0 Å². The molecule has 4 nitrogen and oxygen atoms in total. The molecule has 0 aliphatic rings. The van der Waals surface area contributed by atoms with E-state index < -0.39 is 6.04 Å². The van der Waals surface area contributed by atoms with E-state index in [9.17, 15) is 9.59 Å². The van der Waals surface area contributed by atoms with Gasteiger partial charge < -0.3 is 10.2 Å². The number of hydrogen-bond acceptors (Lipinski definition) is 2. The van der Waals surface area contributed by atoms with E-state index in [4.69, 9.17) is 0 Å². The lowest BCUT2D eigenvalue weighted by Crippen LogP contribution is -2.49. The maximum Gasteiger partial charge on any atom is 0.242 e. The average molecular weight is 367 g/mol. The quantitative estimate of drug-likeness (QED) is 0.810. The Morgan fingerprint density at radius 3 is 2.33 bits per heavy atom. The minimum atomic E-state index is -0.538.